The first-order valence-electron chi connectivity index (χ1n) is 8.08. The molecule has 2 aromatic rings. The molecular weight excluding hydrogens is 384 g/mol. The minimum atomic E-state index is -1.41. The Hall–Kier alpha value is -3.50. The lowest BCUT2D eigenvalue weighted by atomic mass is 10.1. The summed E-state index contributed by atoms with van der Waals surface area (Å²) in [4.78, 5) is 22.8. The molecule has 0 aliphatic rings. The lowest BCUT2D eigenvalue weighted by molar-refractivity contribution is -0.307. The van der Waals surface area contributed by atoms with Crippen molar-refractivity contribution in [3.05, 3.63) is 64.2 Å². The zero-order valence-corrected chi connectivity index (χ0v) is 15.7. The third-order valence-corrected chi connectivity index (χ3v) is 3.84. The van der Waals surface area contributed by atoms with E-state index in [1.54, 1.807) is 0 Å². The van der Waals surface area contributed by atoms with Crippen LogP contribution in [0.2, 0.25) is 5.02 Å². The maximum absolute atomic E-state index is 12.3. The smallest absolute Gasteiger partial charge is 0.262 e. The summed E-state index contributed by atoms with van der Waals surface area (Å²) in [5, 5.41) is 22.6. The van der Waals surface area contributed by atoms with Crippen LogP contribution in [0.4, 0.5) is 0 Å². The Balaban J connectivity index is 2.20. The summed E-state index contributed by atoms with van der Waals surface area (Å²) < 4.78 is 10.2. The Bertz CT molecular complexity index is 936. The fourth-order valence-electron chi connectivity index (χ4n) is 2.28. The number of ether oxygens (including phenoxy) is 2. The van der Waals surface area contributed by atoms with Gasteiger partial charge in [0, 0.05) is 6.54 Å². The topological polar surface area (TPSA) is 111 Å². The Morgan fingerprint density at radius 1 is 1.29 bits per heavy atom. The summed E-state index contributed by atoms with van der Waals surface area (Å²) in [6, 6.07) is 14.0. The van der Waals surface area contributed by atoms with Crippen LogP contribution >= 0.6 is 11.6 Å². The van der Waals surface area contributed by atoms with Crippen molar-refractivity contribution < 1.29 is 24.2 Å². The number of hydrogen-bond donors (Lipinski definition) is 1. The summed E-state index contributed by atoms with van der Waals surface area (Å²) in [6.07, 6.45) is 1.34. The maximum atomic E-state index is 12.3. The zero-order valence-electron chi connectivity index (χ0n) is 14.9. The van der Waals surface area contributed by atoms with Crippen molar-refractivity contribution in [2.24, 2.45) is 0 Å². The Labute approximate surface area is 166 Å². The maximum Gasteiger partial charge on any atom is 0.262 e. The van der Waals surface area contributed by atoms with E-state index in [-0.39, 0.29) is 28.6 Å². The molecular formula is C20H16ClN2O5-. The zero-order chi connectivity index (χ0) is 20.5. The molecule has 0 heterocycles. The predicted octanol–water partition coefficient (Wildman–Crippen LogP) is 1.70. The highest BCUT2D eigenvalue weighted by Gasteiger charge is 2.14. The van der Waals surface area contributed by atoms with Gasteiger partial charge >= 0.3 is 0 Å². The normalized spacial score (nSPS) is 10.7. The molecule has 2 aromatic carbocycles. The van der Waals surface area contributed by atoms with Gasteiger partial charge in [0.2, 0.25) is 0 Å². The Morgan fingerprint density at radius 2 is 2.00 bits per heavy atom. The van der Waals surface area contributed by atoms with Gasteiger partial charge in [-0.3, -0.25) is 4.79 Å². The molecule has 144 valence electrons. The number of carboxylic acid groups (broad SMARTS) is 1. The molecule has 0 aliphatic heterocycles. The Kier molecular flexibility index (Phi) is 7.43. The van der Waals surface area contributed by atoms with E-state index < -0.39 is 18.5 Å². The largest absolute Gasteiger partial charge is 0.546 e. The molecule has 0 aromatic heterocycles. The number of nitrogens with one attached hydrogen (secondary N) is 1. The van der Waals surface area contributed by atoms with Crippen LogP contribution in [0.3, 0.4) is 0 Å². The lowest BCUT2D eigenvalue weighted by Crippen LogP contribution is -2.29. The van der Waals surface area contributed by atoms with E-state index >= 15 is 0 Å². The molecule has 0 saturated heterocycles. The number of hydrogen-bond acceptors (Lipinski definition) is 6. The van der Waals surface area contributed by atoms with Crippen molar-refractivity contribution in [2.75, 3.05) is 13.7 Å². The van der Waals surface area contributed by atoms with E-state index in [0.717, 1.165) is 5.56 Å². The van der Waals surface area contributed by atoms with E-state index in [4.69, 9.17) is 21.1 Å². The second kappa shape index (κ2) is 10.00. The van der Waals surface area contributed by atoms with Gasteiger partial charge in [-0.2, -0.15) is 5.26 Å². The molecule has 7 nitrogen and oxygen atoms in total. The van der Waals surface area contributed by atoms with Gasteiger partial charge in [-0.25, -0.2) is 0 Å². The number of carbonyl (C=O) groups is 2. The molecule has 2 rings (SSSR count). The van der Waals surface area contributed by atoms with Crippen molar-refractivity contribution >= 4 is 29.6 Å². The fourth-order valence-corrected chi connectivity index (χ4v) is 2.56. The number of aliphatic carboxylic acids is 1. The first-order chi connectivity index (χ1) is 13.4. The fraction of sp³-hybridized carbons (Fsp3) is 0.150. The highest BCUT2D eigenvalue weighted by Crippen LogP contribution is 2.37. The molecule has 0 fully saturated rings. The molecule has 0 unspecified atom stereocenters. The number of carboxylic acids is 1. The third-order valence-electron chi connectivity index (χ3n) is 3.56. The summed E-state index contributed by atoms with van der Waals surface area (Å²) in [5.41, 5.74) is 1.18. The average molecular weight is 400 g/mol. The summed E-state index contributed by atoms with van der Waals surface area (Å²) in [5.74, 6) is -1.78. The van der Waals surface area contributed by atoms with E-state index in [9.17, 15) is 20.0 Å². The van der Waals surface area contributed by atoms with Crippen LogP contribution in [0.5, 0.6) is 11.5 Å². The number of nitriles is 1. The van der Waals surface area contributed by atoms with Crippen LogP contribution in [0.1, 0.15) is 11.1 Å². The quantitative estimate of drug-likeness (QED) is 0.534. The molecule has 0 bridgehead atoms. The summed E-state index contributed by atoms with van der Waals surface area (Å²) in [6.45, 7) is -0.421. The van der Waals surface area contributed by atoms with Crippen LogP contribution in [-0.4, -0.2) is 25.6 Å². The SMILES string of the molecule is COc1cc(/C=C(\C#N)C(=O)NCc2ccccc2)cc(Cl)c1OCC(=O)[O-]. The molecule has 0 radical (unpaired) electrons. The number of nitrogens with zero attached hydrogens (tertiary/aromatic N) is 1. The van der Waals surface area contributed by atoms with Crippen molar-refractivity contribution in [1.29, 1.82) is 5.26 Å². The van der Waals surface area contributed by atoms with Crippen LogP contribution in [0.15, 0.2) is 48.0 Å². The van der Waals surface area contributed by atoms with Crippen molar-refractivity contribution in [1.82, 2.24) is 5.32 Å². The molecule has 28 heavy (non-hydrogen) atoms. The van der Waals surface area contributed by atoms with Gasteiger partial charge in [-0.1, -0.05) is 41.9 Å². The van der Waals surface area contributed by atoms with Crippen molar-refractivity contribution in [3.63, 3.8) is 0 Å². The highest BCUT2D eigenvalue weighted by molar-refractivity contribution is 6.32. The molecule has 0 aliphatic carbocycles. The monoisotopic (exact) mass is 399 g/mol. The average Bonchev–Trinajstić information content (AvgIpc) is 2.69. The number of amides is 1. The number of methoxy groups -OCH3 is 1. The predicted molar refractivity (Wildman–Crippen MR) is 100 cm³/mol. The van der Waals surface area contributed by atoms with Crippen molar-refractivity contribution in [3.8, 4) is 17.6 Å². The van der Waals surface area contributed by atoms with E-state index in [1.807, 2.05) is 36.4 Å². The lowest BCUT2D eigenvalue weighted by Gasteiger charge is -2.13. The molecule has 1 amide bonds. The summed E-state index contributed by atoms with van der Waals surface area (Å²) in [7, 11) is 1.35. The van der Waals surface area contributed by atoms with E-state index in [2.05, 4.69) is 5.32 Å². The minimum absolute atomic E-state index is 0.0255. The molecule has 1 N–H and O–H groups in total. The van der Waals surface area contributed by atoms with Crippen LogP contribution in [-0.2, 0) is 16.1 Å². The first kappa shape index (κ1) is 20.8. The highest BCUT2D eigenvalue weighted by atomic mass is 35.5. The molecule has 8 heteroatoms. The molecule has 0 spiro atoms. The minimum Gasteiger partial charge on any atom is -0.546 e. The summed E-state index contributed by atoms with van der Waals surface area (Å²) >= 11 is 6.11. The second-order valence-electron chi connectivity index (χ2n) is 5.53. The third kappa shape index (κ3) is 5.76. The first-order valence-corrected chi connectivity index (χ1v) is 8.46. The number of carbonyl (C=O) groups excluding carboxylic acids is 2. The van der Waals surface area contributed by atoms with Gasteiger partial charge < -0.3 is 24.7 Å². The van der Waals surface area contributed by atoms with Crippen LogP contribution in [0, 0.1) is 11.3 Å². The molecule has 0 saturated carbocycles. The number of benzene rings is 2. The number of halogens is 1. The molecule has 0 atom stereocenters. The van der Waals surface area contributed by atoms with Gasteiger partial charge in [-0.05, 0) is 29.3 Å². The second-order valence-corrected chi connectivity index (χ2v) is 5.94. The van der Waals surface area contributed by atoms with Gasteiger partial charge in [0.1, 0.15) is 18.2 Å². The Morgan fingerprint density at radius 3 is 2.61 bits per heavy atom. The van der Waals surface area contributed by atoms with E-state index in [0.29, 0.717) is 5.56 Å². The van der Waals surface area contributed by atoms with E-state index in [1.165, 1.54) is 25.3 Å². The van der Waals surface area contributed by atoms with Crippen LogP contribution < -0.4 is 19.9 Å². The van der Waals surface area contributed by atoms with Gasteiger partial charge in [0.05, 0.1) is 18.1 Å². The van der Waals surface area contributed by atoms with Crippen LogP contribution in [0.25, 0.3) is 6.08 Å². The van der Waals surface area contributed by atoms with Gasteiger partial charge in [0.25, 0.3) is 5.91 Å². The van der Waals surface area contributed by atoms with Gasteiger partial charge in [0.15, 0.2) is 11.5 Å². The number of rotatable bonds is 8. The van der Waals surface area contributed by atoms with Crippen molar-refractivity contribution in [2.45, 2.75) is 6.54 Å². The standard InChI is InChI=1S/C20H17ClN2O5/c1-27-17-9-14(8-16(21)19(17)28-12-18(24)25)7-15(10-22)20(26)23-11-13-5-3-2-4-6-13/h2-9H,11-12H2,1H3,(H,23,26)(H,24,25)/p-1/b15-7+. The van der Waals surface area contributed by atoms with Gasteiger partial charge in [-0.15, -0.1) is 0 Å².